The van der Waals surface area contributed by atoms with Gasteiger partial charge in [-0.2, -0.15) is 0 Å². The van der Waals surface area contributed by atoms with Crippen molar-refractivity contribution < 1.29 is 23.9 Å². The minimum atomic E-state index is -0.702. The number of hydrogen-bond donors (Lipinski definition) is 0. The molecule has 7 heteroatoms. The number of esters is 1. The molecule has 1 atom stereocenters. The largest absolute Gasteiger partial charge is 0.459 e. The maximum absolute atomic E-state index is 12.4. The van der Waals surface area contributed by atoms with Crippen LogP contribution in [-0.4, -0.2) is 59.0 Å². The Hall–Kier alpha value is -2.57. The van der Waals surface area contributed by atoms with Crippen molar-refractivity contribution >= 4 is 18.0 Å². The van der Waals surface area contributed by atoms with Crippen LogP contribution in [0.5, 0.6) is 0 Å². The van der Waals surface area contributed by atoms with Gasteiger partial charge in [0.1, 0.15) is 24.8 Å². The van der Waals surface area contributed by atoms with Gasteiger partial charge in [0.25, 0.3) is 0 Å². The van der Waals surface area contributed by atoms with E-state index in [0.29, 0.717) is 6.54 Å². The summed E-state index contributed by atoms with van der Waals surface area (Å²) in [7, 11) is 0. The Bertz CT molecular complexity index is 654. The van der Waals surface area contributed by atoms with Crippen LogP contribution < -0.4 is 0 Å². The fourth-order valence-corrected chi connectivity index (χ4v) is 2.55. The number of carbonyl (C=O) groups excluding carboxylic acids is 3. The van der Waals surface area contributed by atoms with Crippen molar-refractivity contribution in [3.63, 3.8) is 0 Å². The summed E-state index contributed by atoms with van der Waals surface area (Å²) in [5.41, 5.74) is 0.264. The van der Waals surface area contributed by atoms with Gasteiger partial charge in [-0.15, -0.1) is 0 Å². The molecule has 0 saturated carbocycles. The molecule has 0 aromatic heterocycles. The summed E-state index contributed by atoms with van der Waals surface area (Å²) in [6.07, 6.45) is -0.523. The molecule has 1 unspecified atom stereocenters. The van der Waals surface area contributed by atoms with Gasteiger partial charge in [-0.1, -0.05) is 30.3 Å². The van der Waals surface area contributed by atoms with Crippen LogP contribution in [0.1, 0.15) is 33.3 Å². The average Bonchev–Trinajstić information content (AvgIpc) is 2.58. The first-order chi connectivity index (χ1) is 12.2. The Labute approximate surface area is 153 Å². The molecule has 26 heavy (non-hydrogen) atoms. The second-order valence-electron chi connectivity index (χ2n) is 7.26. The van der Waals surface area contributed by atoms with Crippen LogP contribution in [0.4, 0.5) is 4.79 Å². The molecule has 0 radical (unpaired) electrons. The third-order valence-corrected chi connectivity index (χ3v) is 3.94. The minimum absolute atomic E-state index is 0.106. The number of benzene rings is 1. The number of rotatable bonds is 4. The Balaban J connectivity index is 1.86. The van der Waals surface area contributed by atoms with Gasteiger partial charge in [0.15, 0.2) is 0 Å². The van der Waals surface area contributed by atoms with E-state index in [1.165, 1.54) is 9.80 Å². The highest BCUT2D eigenvalue weighted by molar-refractivity contribution is 5.88. The van der Waals surface area contributed by atoms with E-state index in [2.05, 4.69) is 0 Å². The van der Waals surface area contributed by atoms with Crippen LogP contribution in [0.3, 0.4) is 0 Å². The van der Waals surface area contributed by atoms with Gasteiger partial charge in [0.05, 0.1) is 0 Å². The van der Waals surface area contributed by atoms with Crippen molar-refractivity contribution in [1.29, 1.82) is 0 Å². The van der Waals surface area contributed by atoms with Crippen molar-refractivity contribution in [3.8, 4) is 0 Å². The highest BCUT2D eigenvalue weighted by atomic mass is 16.6. The maximum Gasteiger partial charge on any atom is 0.410 e. The monoisotopic (exact) mass is 362 g/mol. The van der Waals surface area contributed by atoms with Crippen molar-refractivity contribution in [2.75, 3.05) is 19.6 Å². The summed E-state index contributed by atoms with van der Waals surface area (Å²) >= 11 is 0. The molecule has 2 rings (SSSR count). The van der Waals surface area contributed by atoms with E-state index in [0.717, 1.165) is 5.56 Å². The lowest BCUT2D eigenvalue weighted by molar-refractivity contribution is -0.157. The predicted octanol–water partition coefficient (Wildman–Crippen LogP) is 2.20. The van der Waals surface area contributed by atoms with E-state index >= 15 is 0 Å². The molecule has 142 valence electrons. The molecule has 0 aliphatic carbocycles. The van der Waals surface area contributed by atoms with Crippen molar-refractivity contribution in [2.45, 2.75) is 45.9 Å². The molecule has 7 nitrogen and oxygen atoms in total. The molecule has 1 fully saturated rings. The fourth-order valence-electron chi connectivity index (χ4n) is 2.55. The van der Waals surface area contributed by atoms with Gasteiger partial charge < -0.3 is 14.4 Å². The summed E-state index contributed by atoms with van der Waals surface area (Å²) in [4.78, 5) is 39.5. The zero-order valence-electron chi connectivity index (χ0n) is 15.7. The summed E-state index contributed by atoms with van der Waals surface area (Å²) in [5, 5.41) is 0. The van der Waals surface area contributed by atoms with E-state index < -0.39 is 23.7 Å². The molecular weight excluding hydrogens is 336 g/mol. The Morgan fingerprint density at radius 3 is 2.38 bits per heavy atom. The standard InChI is InChI=1S/C19H26N2O5/c1-14(17(23)25-13-15-8-6-5-7-9-15)21-11-10-20(12-16(21)22)18(24)26-19(2,3)4/h5-9,14H,10-13H2,1-4H3. The molecule has 2 amide bonds. The SMILES string of the molecule is CC(C(=O)OCc1ccccc1)N1CCN(C(=O)OC(C)(C)C)CC1=O. The third-order valence-electron chi connectivity index (χ3n) is 3.94. The Morgan fingerprint density at radius 1 is 1.15 bits per heavy atom. The lowest BCUT2D eigenvalue weighted by Crippen LogP contribution is -2.57. The van der Waals surface area contributed by atoms with Crippen LogP contribution in [0.25, 0.3) is 0 Å². The minimum Gasteiger partial charge on any atom is -0.459 e. The van der Waals surface area contributed by atoms with Crippen LogP contribution in [0, 0.1) is 0 Å². The van der Waals surface area contributed by atoms with Crippen molar-refractivity contribution in [1.82, 2.24) is 9.80 Å². The topological polar surface area (TPSA) is 76.2 Å². The van der Waals surface area contributed by atoms with Gasteiger partial charge >= 0.3 is 12.1 Å². The van der Waals surface area contributed by atoms with Crippen molar-refractivity contribution in [2.24, 2.45) is 0 Å². The van der Waals surface area contributed by atoms with E-state index in [-0.39, 0.29) is 25.6 Å². The van der Waals surface area contributed by atoms with Gasteiger partial charge in [-0.3, -0.25) is 9.69 Å². The van der Waals surface area contributed by atoms with E-state index in [1.54, 1.807) is 27.7 Å². The van der Waals surface area contributed by atoms with Gasteiger partial charge in [-0.25, -0.2) is 9.59 Å². The zero-order valence-corrected chi connectivity index (χ0v) is 15.7. The molecule has 1 aliphatic heterocycles. The molecule has 1 heterocycles. The van der Waals surface area contributed by atoms with Crippen LogP contribution in [0.2, 0.25) is 0 Å². The normalized spacial score (nSPS) is 16.2. The highest BCUT2D eigenvalue weighted by Gasteiger charge is 2.35. The third kappa shape index (κ3) is 5.47. The molecule has 1 aliphatic rings. The van der Waals surface area contributed by atoms with E-state index in [1.807, 2.05) is 30.3 Å². The number of ether oxygens (including phenoxy) is 2. The number of hydrogen-bond acceptors (Lipinski definition) is 5. The quantitative estimate of drug-likeness (QED) is 0.768. The predicted molar refractivity (Wildman–Crippen MR) is 95.2 cm³/mol. The number of nitrogens with zero attached hydrogens (tertiary/aromatic N) is 2. The van der Waals surface area contributed by atoms with Gasteiger partial charge in [0.2, 0.25) is 5.91 Å². The van der Waals surface area contributed by atoms with Crippen LogP contribution >= 0.6 is 0 Å². The zero-order chi connectivity index (χ0) is 19.3. The van der Waals surface area contributed by atoms with Crippen LogP contribution in [0.15, 0.2) is 30.3 Å². The van der Waals surface area contributed by atoms with Crippen LogP contribution in [-0.2, 0) is 25.7 Å². The van der Waals surface area contributed by atoms with Gasteiger partial charge in [0, 0.05) is 13.1 Å². The first-order valence-corrected chi connectivity index (χ1v) is 8.65. The second-order valence-corrected chi connectivity index (χ2v) is 7.26. The molecular formula is C19H26N2O5. The molecule has 1 aromatic rings. The molecule has 0 N–H and O–H groups in total. The Kier molecular flexibility index (Phi) is 6.23. The molecule has 1 saturated heterocycles. The average molecular weight is 362 g/mol. The van der Waals surface area contributed by atoms with E-state index in [9.17, 15) is 14.4 Å². The summed E-state index contributed by atoms with van der Waals surface area (Å²) in [6, 6.07) is 8.65. The molecule has 0 spiro atoms. The fraction of sp³-hybridized carbons (Fsp3) is 0.526. The summed E-state index contributed by atoms with van der Waals surface area (Å²) < 4.78 is 10.6. The first-order valence-electron chi connectivity index (χ1n) is 8.65. The first kappa shape index (κ1) is 19.8. The lowest BCUT2D eigenvalue weighted by atomic mass is 10.2. The summed E-state index contributed by atoms with van der Waals surface area (Å²) in [6.45, 7) is 7.58. The smallest absolute Gasteiger partial charge is 0.410 e. The maximum atomic E-state index is 12.4. The highest BCUT2D eigenvalue weighted by Crippen LogP contribution is 2.14. The molecule has 0 bridgehead atoms. The number of piperazine rings is 1. The number of amides is 2. The Morgan fingerprint density at radius 2 is 1.81 bits per heavy atom. The second kappa shape index (κ2) is 8.21. The number of carbonyl (C=O) groups is 3. The molecule has 1 aromatic carbocycles. The van der Waals surface area contributed by atoms with Crippen molar-refractivity contribution in [3.05, 3.63) is 35.9 Å². The van der Waals surface area contributed by atoms with Gasteiger partial charge in [-0.05, 0) is 33.3 Å². The summed E-state index contributed by atoms with van der Waals surface area (Å²) in [5.74, 6) is -0.765. The lowest BCUT2D eigenvalue weighted by Gasteiger charge is -2.37. The van der Waals surface area contributed by atoms with E-state index in [4.69, 9.17) is 9.47 Å².